The number of hydrogen-bond acceptors (Lipinski definition) is 4. The Morgan fingerprint density at radius 3 is 2.39 bits per heavy atom. The quantitative estimate of drug-likeness (QED) is 0.331. The number of phenolic OH excluding ortho intramolecular Hbond substituents is 1. The Morgan fingerprint density at radius 2 is 1.64 bits per heavy atom. The number of phenols is 1. The maximum atomic E-state index is 12.8. The summed E-state index contributed by atoms with van der Waals surface area (Å²) in [6.07, 6.45) is 0. The van der Waals surface area contributed by atoms with Crippen molar-refractivity contribution in [2.75, 3.05) is 5.32 Å². The van der Waals surface area contributed by atoms with Crippen molar-refractivity contribution in [3.8, 4) is 5.75 Å². The largest absolute Gasteiger partial charge is 0.507 e. The van der Waals surface area contributed by atoms with E-state index < -0.39 is 5.91 Å². The minimum Gasteiger partial charge on any atom is -0.507 e. The molecule has 0 aliphatic rings. The molecule has 0 bridgehead atoms. The van der Waals surface area contributed by atoms with Gasteiger partial charge in [0.15, 0.2) is 5.76 Å². The fourth-order valence-corrected chi connectivity index (χ4v) is 3.31. The predicted molar refractivity (Wildman–Crippen MR) is 115 cm³/mol. The Bertz CT molecular complexity index is 1200. The van der Waals surface area contributed by atoms with Gasteiger partial charge in [-0.05, 0) is 42.0 Å². The zero-order valence-corrected chi connectivity index (χ0v) is 16.1. The lowest BCUT2D eigenvalue weighted by Gasteiger charge is -2.09. The highest BCUT2D eigenvalue weighted by Crippen LogP contribution is 2.34. The number of aromatic hydroxyl groups is 1. The number of furan rings is 1. The highest BCUT2D eigenvalue weighted by Gasteiger charge is 2.22. The number of hydrogen-bond donors (Lipinski definition) is 2. The van der Waals surface area contributed by atoms with Crippen LogP contribution < -0.4 is 5.32 Å². The summed E-state index contributed by atoms with van der Waals surface area (Å²) in [7, 11) is 0. The minimum absolute atomic E-state index is 0.102. The van der Waals surface area contributed by atoms with E-state index in [1.807, 2.05) is 18.2 Å². The number of nitrogens with one attached hydrogen (secondary N) is 1. The minimum atomic E-state index is -0.454. The summed E-state index contributed by atoms with van der Waals surface area (Å²) < 4.78 is 5.96. The average molecular weight is 408 g/mol. The van der Waals surface area contributed by atoms with Gasteiger partial charge < -0.3 is 14.8 Å². The van der Waals surface area contributed by atoms with E-state index in [2.05, 4.69) is 5.32 Å². The summed E-state index contributed by atoms with van der Waals surface area (Å²) in [5, 5.41) is 14.2. The second-order valence-electron chi connectivity index (χ2n) is 6.11. The number of rotatable bonds is 4. The van der Waals surface area contributed by atoms with Gasteiger partial charge in [0.25, 0.3) is 5.91 Å². The maximum Gasteiger partial charge on any atom is 0.259 e. The van der Waals surface area contributed by atoms with Crippen molar-refractivity contribution in [1.29, 1.82) is 0 Å². The number of benzene rings is 3. The Labute approximate surface area is 171 Å². The topological polar surface area (TPSA) is 62.5 Å². The molecule has 4 nitrogen and oxygen atoms in total. The lowest BCUT2D eigenvalue weighted by molar-refractivity contribution is 0.102. The van der Waals surface area contributed by atoms with Gasteiger partial charge >= 0.3 is 0 Å². The Hall–Kier alpha value is -3.15. The Balaban J connectivity index is 1.79. The van der Waals surface area contributed by atoms with Crippen molar-refractivity contribution >= 4 is 51.2 Å². The van der Waals surface area contributed by atoms with E-state index in [9.17, 15) is 9.90 Å². The lowest BCUT2D eigenvalue weighted by Crippen LogP contribution is -2.14. The lowest BCUT2D eigenvalue weighted by atomic mass is 10.1. The first-order valence-corrected chi connectivity index (χ1v) is 9.24. The van der Waals surface area contributed by atoms with E-state index in [0.29, 0.717) is 26.9 Å². The van der Waals surface area contributed by atoms with Crippen LogP contribution in [0.5, 0.6) is 5.75 Å². The van der Waals surface area contributed by atoms with E-state index in [4.69, 9.17) is 28.2 Å². The fourth-order valence-electron chi connectivity index (χ4n) is 2.91. The molecule has 0 spiro atoms. The molecule has 28 heavy (non-hydrogen) atoms. The molecule has 4 aromatic rings. The summed E-state index contributed by atoms with van der Waals surface area (Å²) in [4.78, 5) is 13.2. The van der Waals surface area contributed by atoms with Gasteiger partial charge in [-0.3, -0.25) is 4.79 Å². The molecule has 6 heteroatoms. The summed E-state index contributed by atoms with van der Waals surface area (Å²) in [6, 6.07) is 20.8. The van der Waals surface area contributed by atoms with Crippen molar-refractivity contribution in [2.24, 2.45) is 0 Å². The van der Waals surface area contributed by atoms with Gasteiger partial charge in [0.2, 0.25) is 0 Å². The average Bonchev–Trinajstić information content (AvgIpc) is 3.07. The molecule has 1 heterocycles. The molecule has 1 amide bonds. The normalized spacial score (nSPS) is 10.8. The van der Waals surface area contributed by atoms with Gasteiger partial charge in [0, 0.05) is 10.4 Å². The van der Waals surface area contributed by atoms with Crippen LogP contribution in [0, 0.1) is 0 Å². The van der Waals surface area contributed by atoms with Crippen molar-refractivity contribution in [3.05, 3.63) is 94.7 Å². The third-order valence-electron chi connectivity index (χ3n) is 4.30. The molecular formula is C22H14ClNO3S. The van der Waals surface area contributed by atoms with Gasteiger partial charge in [-0.15, -0.1) is 0 Å². The number of para-hydroxylation sites is 2. The molecular weight excluding hydrogens is 394 g/mol. The van der Waals surface area contributed by atoms with Crippen LogP contribution in [0.1, 0.15) is 21.7 Å². The molecule has 0 saturated heterocycles. The van der Waals surface area contributed by atoms with E-state index in [-0.39, 0.29) is 11.3 Å². The molecule has 0 fully saturated rings. The van der Waals surface area contributed by atoms with Gasteiger partial charge in [-0.25, -0.2) is 0 Å². The highest BCUT2D eigenvalue weighted by molar-refractivity contribution is 7.81. The first kappa shape index (κ1) is 18.2. The van der Waals surface area contributed by atoms with Crippen LogP contribution >= 0.6 is 23.8 Å². The monoisotopic (exact) mass is 407 g/mol. The first-order valence-electron chi connectivity index (χ1n) is 8.46. The summed E-state index contributed by atoms with van der Waals surface area (Å²) >= 11 is 11.6. The summed E-state index contributed by atoms with van der Waals surface area (Å²) in [5.41, 5.74) is 1.97. The van der Waals surface area contributed by atoms with Gasteiger partial charge in [-0.1, -0.05) is 60.2 Å². The number of halogens is 1. The van der Waals surface area contributed by atoms with E-state index in [1.54, 1.807) is 48.5 Å². The summed E-state index contributed by atoms with van der Waals surface area (Å²) in [5.74, 6) is -0.179. The van der Waals surface area contributed by atoms with Crippen LogP contribution in [0.25, 0.3) is 11.0 Å². The molecule has 0 aliphatic carbocycles. The van der Waals surface area contributed by atoms with Crippen LogP contribution in [0.2, 0.25) is 5.02 Å². The zero-order chi connectivity index (χ0) is 19.7. The maximum absolute atomic E-state index is 12.8. The molecule has 4 rings (SSSR count). The molecule has 138 valence electrons. The second-order valence-corrected chi connectivity index (χ2v) is 6.95. The number of anilines is 1. The van der Waals surface area contributed by atoms with Crippen molar-refractivity contribution in [1.82, 2.24) is 0 Å². The number of thiocarbonyl (C=S) groups is 1. The Kier molecular flexibility index (Phi) is 4.86. The standard InChI is InChI=1S/C22H14ClNO3S/c23-14-11-9-13(10-12-14)21(28)20-19(16-6-2-4-8-18(16)27-20)24-22(26)15-5-1-3-7-17(15)25/h1-12,25H,(H,24,26). The van der Waals surface area contributed by atoms with Gasteiger partial charge in [-0.2, -0.15) is 0 Å². The van der Waals surface area contributed by atoms with E-state index in [1.165, 1.54) is 6.07 Å². The number of carbonyl (C=O) groups excluding carboxylic acids is 1. The first-order chi connectivity index (χ1) is 13.5. The van der Waals surface area contributed by atoms with Gasteiger partial charge in [0.05, 0.1) is 16.1 Å². The molecule has 0 unspecified atom stereocenters. The smallest absolute Gasteiger partial charge is 0.259 e. The Morgan fingerprint density at radius 1 is 0.964 bits per heavy atom. The van der Waals surface area contributed by atoms with Crippen LogP contribution in [-0.4, -0.2) is 15.9 Å². The predicted octanol–water partition coefficient (Wildman–Crippen LogP) is 5.81. The zero-order valence-electron chi connectivity index (χ0n) is 14.5. The molecule has 0 atom stereocenters. The number of amides is 1. The van der Waals surface area contributed by atoms with Gasteiger partial charge in [0.1, 0.15) is 11.3 Å². The fraction of sp³-hybridized carbons (Fsp3) is 0. The third-order valence-corrected chi connectivity index (χ3v) is 4.97. The highest BCUT2D eigenvalue weighted by atomic mass is 35.5. The summed E-state index contributed by atoms with van der Waals surface area (Å²) in [6.45, 7) is 0. The van der Waals surface area contributed by atoms with Crippen LogP contribution in [0.15, 0.2) is 77.2 Å². The second kappa shape index (κ2) is 7.46. The molecule has 0 radical (unpaired) electrons. The van der Waals surface area contributed by atoms with Crippen LogP contribution in [0.4, 0.5) is 5.69 Å². The van der Waals surface area contributed by atoms with Crippen molar-refractivity contribution < 1.29 is 14.3 Å². The molecule has 0 saturated carbocycles. The number of fused-ring (bicyclic) bond motifs is 1. The van der Waals surface area contributed by atoms with E-state index >= 15 is 0 Å². The van der Waals surface area contributed by atoms with Crippen LogP contribution in [0.3, 0.4) is 0 Å². The molecule has 0 aliphatic heterocycles. The van der Waals surface area contributed by atoms with E-state index in [0.717, 1.165) is 10.9 Å². The van der Waals surface area contributed by atoms with Crippen molar-refractivity contribution in [3.63, 3.8) is 0 Å². The molecule has 3 aromatic carbocycles. The third kappa shape index (κ3) is 3.38. The molecule has 2 N–H and O–H groups in total. The van der Waals surface area contributed by atoms with Crippen LogP contribution in [-0.2, 0) is 0 Å². The number of carbonyl (C=O) groups is 1. The SMILES string of the molecule is O=C(Nc1c(C(=S)c2ccc(Cl)cc2)oc2ccccc12)c1ccccc1O. The molecule has 1 aromatic heterocycles. The van der Waals surface area contributed by atoms with Crippen molar-refractivity contribution in [2.45, 2.75) is 0 Å².